The molecule has 0 aliphatic rings. The molecule has 0 radical (unpaired) electrons. The van der Waals surface area contributed by atoms with E-state index >= 15 is 0 Å². The van der Waals surface area contributed by atoms with Gasteiger partial charge < -0.3 is 0 Å². The van der Waals surface area contributed by atoms with Crippen LogP contribution >= 0.6 is 11.6 Å². The summed E-state index contributed by atoms with van der Waals surface area (Å²) >= 11 is 5.51. The second-order valence-electron chi connectivity index (χ2n) is 4.35. The van der Waals surface area contributed by atoms with E-state index in [1.54, 1.807) is 0 Å². The van der Waals surface area contributed by atoms with Gasteiger partial charge in [-0.2, -0.15) is 26.3 Å². The third-order valence-corrected chi connectivity index (χ3v) is 3.19. The maximum absolute atomic E-state index is 13.2. The molecule has 0 saturated heterocycles. The van der Waals surface area contributed by atoms with Crippen molar-refractivity contribution in [3.63, 3.8) is 0 Å². The average molecular weight is 343 g/mol. The van der Waals surface area contributed by atoms with E-state index in [2.05, 4.69) is 0 Å². The van der Waals surface area contributed by atoms with Crippen molar-refractivity contribution in [3.8, 4) is 11.1 Å². The summed E-state index contributed by atoms with van der Waals surface area (Å²) in [4.78, 5) is 0. The van der Waals surface area contributed by atoms with Crippen LogP contribution in [-0.4, -0.2) is 0 Å². The summed E-state index contributed by atoms with van der Waals surface area (Å²) in [6, 6.07) is 4.76. The first-order chi connectivity index (χ1) is 10.0. The zero-order valence-corrected chi connectivity index (χ0v) is 11.2. The Morgan fingerprint density at radius 3 is 2.00 bits per heavy atom. The minimum Gasteiger partial charge on any atom is -0.206 e. The molecule has 0 saturated carbocycles. The van der Waals surface area contributed by atoms with Gasteiger partial charge in [-0.3, -0.25) is 0 Å². The van der Waals surface area contributed by atoms with E-state index in [9.17, 15) is 30.7 Å². The Morgan fingerprint density at radius 1 is 0.818 bits per heavy atom. The Labute approximate surface area is 125 Å². The van der Waals surface area contributed by atoms with Gasteiger partial charge in [0, 0.05) is 0 Å². The highest BCUT2D eigenvalue weighted by molar-refractivity contribution is 6.31. The summed E-state index contributed by atoms with van der Waals surface area (Å²) in [5, 5.41) is -0.650. The summed E-state index contributed by atoms with van der Waals surface area (Å²) in [5.74, 6) is -1.56. The molecule has 0 unspecified atom stereocenters. The highest BCUT2D eigenvalue weighted by atomic mass is 35.5. The fourth-order valence-corrected chi connectivity index (χ4v) is 2.24. The summed E-state index contributed by atoms with van der Waals surface area (Å²) in [6.45, 7) is 0. The lowest BCUT2D eigenvalue weighted by atomic mass is 9.97. The van der Waals surface area contributed by atoms with E-state index in [-0.39, 0.29) is 0 Å². The van der Waals surface area contributed by atoms with Gasteiger partial charge >= 0.3 is 12.4 Å². The minimum atomic E-state index is -5.02. The van der Waals surface area contributed by atoms with Crippen LogP contribution in [-0.2, 0) is 12.4 Å². The molecule has 0 aliphatic carbocycles. The smallest absolute Gasteiger partial charge is 0.206 e. The lowest BCUT2D eigenvalue weighted by Crippen LogP contribution is -2.10. The molecule has 0 fully saturated rings. The first-order valence-corrected chi connectivity index (χ1v) is 6.12. The van der Waals surface area contributed by atoms with Gasteiger partial charge in [0.1, 0.15) is 5.82 Å². The average Bonchev–Trinajstić information content (AvgIpc) is 2.36. The Kier molecular flexibility index (Phi) is 4.12. The quantitative estimate of drug-likeness (QED) is 0.542. The minimum absolute atomic E-state index is 0.330. The number of rotatable bonds is 1. The Balaban J connectivity index is 2.71. The normalized spacial score (nSPS) is 12.5. The maximum atomic E-state index is 13.2. The summed E-state index contributed by atoms with van der Waals surface area (Å²) in [7, 11) is 0. The van der Waals surface area contributed by atoms with Crippen LogP contribution < -0.4 is 0 Å². The SMILES string of the molecule is Fc1ccc(-c2cccc(Cl)c2C(F)(F)F)cc1C(F)(F)F. The zero-order valence-electron chi connectivity index (χ0n) is 10.5. The molecule has 0 bridgehead atoms. The predicted octanol–water partition coefficient (Wildman–Crippen LogP) is 6.18. The second-order valence-corrected chi connectivity index (χ2v) is 4.76. The molecule has 2 aromatic carbocycles. The van der Waals surface area contributed by atoms with E-state index in [1.807, 2.05) is 0 Å². The molecule has 22 heavy (non-hydrogen) atoms. The molecule has 2 aromatic rings. The molecular formula is C14H6ClF7. The predicted molar refractivity (Wildman–Crippen MR) is 66.8 cm³/mol. The topological polar surface area (TPSA) is 0 Å². The standard InChI is InChI=1S/C14H6ClF7/c15-10-3-1-2-8(12(10)14(20,21)22)7-4-5-11(16)9(6-7)13(17,18)19/h1-6H. The molecule has 0 nitrogen and oxygen atoms in total. The number of alkyl halides is 6. The third-order valence-electron chi connectivity index (χ3n) is 2.88. The molecule has 0 aromatic heterocycles. The van der Waals surface area contributed by atoms with Gasteiger partial charge in [-0.15, -0.1) is 0 Å². The Hall–Kier alpha value is -1.76. The van der Waals surface area contributed by atoms with E-state index in [4.69, 9.17) is 11.6 Å². The first kappa shape index (κ1) is 16.6. The molecule has 2 rings (SSSR count). The molecule has 0 amide bonds. The largest absolute Gasteiger partial charge is 0.419 e. The van der Waals surface area contributed by atoms with Crippen LogP contribution in [0.25, 0.3) is 11.1 Å². The Morgan fingerprint density at radius 2 is 1.45 bits per heavy atom. The third kappa shape index (κ3) is 3.19. The van der Waals surface area contributed by atoms with Gasteiger partial charge in [0.2, 0.25) is 0 Å². The van der Waals surface area contributed by atoms with Crippen LogP contribution in [0.5, 0.6) is 0 Å². The summed E-state index contributed by atoms with van der Waals surface area (Å²) in [5.41, 5.74) is -3.89. The van der Waals surface area contributed by atoms with Crippen LogP contribution in [0.15, 0.2) is 36.4 Å². The molecular weight excluding hydrogens is 337 g/mol. The second kappa shape index (κ2) is 5.46. The van der Waals surface area contributed by atoms with Gasteiger partial charge in [0.15, 0.2) is 0 Å². The van der Waals surface area contributed by atoms with Gasteiger partial charge in [0.25, 0.3) is 0 Å². The van der Waals surface area contributed by atoms with Crippen molar-refractivity contribution in [2.45, 2.75) is 12.4 Å². The van der Waals surface area contributed by atoms with Crippen molar-refractivity contribution in [2.75, 3.05) is 0 Å². The van der Waals surface area contributed by atoms with E-state index in [0.29, 0.717) is 12.1 Å². The fourth-order valence-electron chi connectivity index (χ4n) is 1.96. The van der Waals surface area contributed by atoms with Crippen molar-refractivity contribution in [3.05, 3.63) is 58.4 Å². The van der Waals surface area contributed by atoms with Crippen molar-refractivity contribution >= 4 is 11.6 Å². The zero-order chi connectivity index (χ0) is 16.7. The molecule has 8 heteroatoms. The summed E-state index contributed by atoms with van der Waals surface area (Å²) < 4.78 is 90.3. The number of halogens is 8. The van der Waals surface area contributed by atoms with E-state index in [1.165, 1.54) is 6.07 Å². The van der Waals surface area contributed by atoms with Crippen LogP contribution in [0.4, 0.5) is 30.7 Å². The van der Waals surface area contributed by atoms with Gasteiger partial charge in [0.05, 0.1) is 16.1 Å². The highest BCUT2D eigenvalue weighted by Crippen LogP contribution is 2.42. The summed E-state index contributed by atoms with van der Waals surface area (Å²) in [6.07, 6.45) is -9.88. The lowest BCUT2D eigenvalue weighted by Gasteiger charge is -2.16. The van der Waals surface area contributed by atoms with E-state index in [0.717, 1.165) is 18.2 Å². The van der Waals surface area contributed by atoms with Gasteiger partial charge in [-0.05, 0) is 29.3 Å². The molecule has 0 spiro atoms. The number of hydrogen-bond donors (Lipinski definition) is 0. The number of hydrogen-bond acceptors (Lipinski definition) is 0. The van der Waals surface area contributed by atoms with Crippen molar-refractivity contribution in [2.24, 2.45) is 0 Å². The van der Waals surface area contributed by atoms with Crippen LogP contribution in [0.3, 0.4) is 0 Å². The van der Waals surface area contributed by atoms with Gasteiger partial charge in [-0.25, -0.2) is 4.39 Å². The monoisotopic (exact) mass is 342 g/mol. The maximum Gasteiger partial charge on any atom is 0.419 e. The molecule has 118 valence electrons. The number of benzene rings is 2. The lowest BCUT2D eigenvalue weighted by molar-refractivity contribution is -0.140. The van der Waals surface area contributed by atoms with E-state index < -0.39 is 45.4 Å². The van der Waals surface area contributed by atoms with Crippen LogP contribution in [0.2, 0.25) is 5.02 Å². The van der Waals surface area contributed by atoms with Crippen molar-refractivity contribution in [1.29, 1.82) is 0 Å². The van der Waals surface area contributed by atoms with Gasteiger partial charge in [-0.1, -0.05) is 29.8 Å². The Bertz CT molecular complexity index is 701. The highest BCUT2D eigenvalue weighted by Gasteiger charge is 2.38. The molecule has 0 heterocycles. The fraction of sp³-hybridized carbons (Fsp3) is 0.143. The molecule has 0 N–H and O–H groups in total. The van der Waals surface area contributed by atoms with Crippen molar-refractivity contribution in [1.82, 2.24) is 0 Å². The van der Waals surface area contributed by atoms with Crippen LogP contribution in [0, 0.1) is 5.82 Å². The molecule has 0 atom stereocenters. The first-order valence-electron chi connectivity index (χ1n) is 5.74. The molecule has 0 aliphatic heterocycles. The van der Waals surface area contributed by atoms with Crippen LogP contribution in [0.1, 0.15) is 11.1 Å². The van der Waals surface area contributed by atoms with Crippen molar-refractivity contribution < 1.29 is 30.7 Å².